The van der Waals surface area contributed by atoms with Crippen molar-refractivity contribution >= 4 is 23.4 Å². The second kappa shape index (κ2) is 11.3. The standard InChI is InChI=1S/C24H28F2N4O2S/c1-5-16-9-8-10-17(6-2)22(16)27-21(31)14-33-24-29-28-23(30(24)7-3)15(4)32-20-12-11-18(25)13-19(20)26/h8-13,15H,5-7,14H2,1-4H3,(H,27,31). The number of amides is 1. The molecule has 0 aliphatic rings. The van der Waals surface area contributed by atoms with E-state index in [1.54, 1.807) is 6.92 Å². The van der Waals surface area contributed by atoms with Crippen molar-refractivity contribution in [3.8, 4) is 5.75 Å². The van der Waals surface area contributed by atoms with E-state index in [0.717, 1.165) is 41.8 Å². The molecule has 2 aromatic carbocycles. The van der Waals surface area contributed by atoms with Crippen molar-refractivity contribution in [1.82, 2.24) is 14.8 Å². The number of nitrogens with one attached hydrogen (secondary N) is 1. The number of carbonyl (C=O) groups is 1. The maximum absolute atomic E-state index is 14.0. The van der Waals surface area contributed by atoms with E-state index in [2.05, 4.69) is 29.4 Å². The van der Waals surface area contributed by atoms with E-state index in [1.165, 1.54) is 17.8 Å². The number of aromatic nitrogens is 3. The lowest BCUT2D eigenvalue weighted by molar-refractivity contribution is -0.113. The number of halogens is 2. The van der Waals surface area contributed by atoms with Gasteiger partial charge in [0.2, 0.25) is 5.91 Å². The largest absolute Gasteiger partial charge is 0.480 e. The van der Waals surface area contributed by atoms with Crippen molar-refractivity contribution in [1.29, 1.82) is 0 Å². The molecule has 1 amide bonds. The van der Waals surface area contributed by atoms with Gasteiger partial charge in [-0.15, -0.1) is 10.2 Å². The van der Waals surface area contributed by atoms with Gasteiger partial charge in [-0.3, -0.25) is 4.79 Å². The Hall–Kier alpha value is -2.94. The summed E-state index contributed by atoms with van der Waals surface area (Å²) in [7, 11) is 0. The summed E-state index contributed by atoms with van der Waals surface area (Å²) in [5, 5.41) is 12.0. The molecular weight excluding hydrogens is 446 g/mol. The van der Waals surface area contributed by atoms with Crippen LogP contribution >= 0.6 is 11.8 Å². The topological polar surface area (TPSA) is 69.0 Å². The van der Waals surface area contributed by atoms with Crippen LogP contribution in [-0.2, 0) is 24.2 Å². The third-order valence-electron chi connectivity index (χ3n) is 5.22. The highest BCUT2D eigenvalue weighted by molar-refractivity contribution is 7.99. The molecule has 176 valence electrons. The average molecular weight is 475 g/mol. The molecule has 1 N–H and O–H groups in total. The maximum atomic E-state index is 14.0. The monoisotopic (exact) mass is 474 g/mol. The molecule has 33 heavy (non-hydrogen) atoms. The summed E-state index contributed by atoms with van der Waals surface area (Å²) in [4.78, 5) is 12.7. The molecule has 0 spiro atoms. The van der Waals surface area contributed by atoms with Crippen LogP contribution in [0.3, 0.4) is 0 Å². The van der Waals surface area contributed by atoms with Gasteiger partial charge in [-0.05, 0) is 49.9 Å². The first-order valence-electron chi connectivity index (χ1n) is 11.0. The Kier molecular flexibility index (Phi) is 8.43. The van der Waals surface area contributed by atoms with E-state index in [4.69, 9.17) is 4.74 Å². The highest BCUT2D eigenvalue weighted by Crippen LogP contribution is 2.27. The highest BCUT2D eigenvalue weighted by atomic mass is 32.2. The molecule has 0 aliphatic carbocycles. The summed E-state index contributed by atoms with van der Waals surface area (Å²) < 4.78 is 34.6. The molecule has 0 fully saturated rings. The van der Waals surface area contributed by atoms with Crippen molar-refractivity contribution < 1.29 is 18.3 Å². The van der Waals surface area contributed by atoms with Crippen LogP contribution in [0.1, 0.15) is 50.8 Å². The van der Waals surface area contributed by atoms with Crippen molar-refractivity contribution in [2.45, 2.75) is 58.3 Å². The number of hydrogen-bond donors (Lipinski definition) is 1. The second-order valence-electron chi connectivity index (χ2n) is 7.42. The van der Waals surface area contributed by atoms with Gasteiger partial charge in [0.25, 0.3) is 0 Å². The van der Waals surface area contributed by atoms with E-state index in [0.29, 0.717) is 17.5 Å². The summed E-state index contributed by atoms with van der Waals surface area (Å²) in [5.74, 6) is -0.983. The third-order valence-corrected chi connectivity index (χ3v) is 6.19. The van der Waals surface area contributed by atoms with Crippen LogP contribution in [0, 0.1) is 11.6 Å². The van der Waals surface area contributed by atoms with Gasteiger partial charge in [0, 0.05) is 18.3 Å². The average Bonchev–Trinajstić information content (AvgIpc) is 3.22. The van der Waals surface area contributed by atoms with Gasteiger partial charge in [-0.1, -0.05) is 43.8 Å². The number of ether oxygens (including phenoxy) is 1. The van der Waals surface area contributed by atoms with Crippen LogP contribution in [0.15, 0.2) is 41.6 Å². The van der Waals surface area contributed by atoms with Gasteiger partial charge in [-0.2, -0.15) is 0 Å². The first kappa shape index (κ1) is 24.7. The van der Waals surface area contributed by atoms with Gasteiger partial charge in [0.1, 0.15) is 5.82 Å². The predicted molar refractivity (Wildman–Crippen MR) is 126 cm³/mol. The highest BCUT2D eigenvalue weighted by Gasteiger charge is 2.21. The van der Waals surface area contributed by atoms with Crippen molar-refractivity contribution in [3.63, 3.8) is 0 Å². The fourth-order valence-corrected chi connectivity index (χ4v) is 4.34. The summed E-state index contributed by atoms with van der Waals surface area (Å²) in [6.45, 7) is 8.31. The molecule has 1 aromatic heterocycles. The minimum Gasteiger partial charge on any atom is -0.480 e. The number of aryl methyl sites for hydroxylation is 2. The summed E-state index contributed by atoms with van der Waals surface area (Å²) in [6, 6.07) is 9.20. The zero-order valence-electron chi connectivity index (χ0n) is 19.2. The Morgan fingerprint density at radius 1 is 1.12 bits per heavy atom. The maximum Gasteiger partial charge on any atom is 0.234 e. The van der Waals surface area contributed by atoms with Crippen LogP contribution in [0.4, 0.5) is 14.5 Å². The van der Waals surface area contributed by atoms with Gasteiger partial charge in [0.05, 0.1) is 5.75 Å². The van der Waals surface area contributed by atoms with Crippen LogP contribution in [-0.4, -0.2) is 26.4 Å². The molecule has 0 saturated carbocycles. The number of para-hydroxylation sites is 1. The summed E-state index contributed by atoms with van der Waals surface area (Å²) >= 11 is 1.27. The number of benzene rings is 2. The minimum absolute atomic E-state index is 0.0653. The quantitative estimate of drug-likeness (QED) is 0.389. The zero-order chi connectivity index (χ0) is 24.0. The minimum atomic E-state index is -0.783. The molecule has 0 radical (unpaired) electrons. The number of thioether (sulfide) groups is 1. The van der Waals surface area contributed by atoms with Crippen LogP contribution in [0.5, 0.6) is 5.75 Å². The Morgan fingerprint density at radius 3 is 2.42 bits per heavy atom. The van der Waals surface area contributed by atoms with E-state index < -0.39 is 17.7 Å². The van der Waals surface area contributed by atoms with E-state index in [9.17, 15) is 13.6 Å². The number of carbonyl (C=O) groups excluding carboxylic acids is 1. The Bertz CT molecular complexity index is 1100. The molecule has 3 rings (SSSR count). The lowest BCUT2D eigenvalue weighted by atomic mass is 10.0. The Labute approximate surface area is 196 Å². The molecule has 6 nitrogen and oxygen atoms in total. The number of nitrogens with zero attached hydrogens (tertiary/aromatic N) is 3. The first-order chi connectivity index (χ1) is 15.9. The van der Waals surface area contributed by atoms with Crippen LogP contribution in [0.2, 0.25) is 0 Å². The summed E-state index contributed by atoms with van der Waals surface area (Å²) in [6.07, 6.45) is 1.04. The lowest BCUT2D eigenvalue weighted by Gasteiger charge is -2.16. The fraction of sp³-hybridized carbons (Fsp3) is 0.375. The van der Waals surface area contributed by atoms with E-state index in [1.807, 2.05) is 29.7 Å². The molecule has 3 aromatic rings. The van der Waals surface area contributed by atoms with Gasteiger partial charge >= 0.3 is 0 Å². The molecular formula is C24H28F2N4O2S. The van der Waals surface area contributed by atoms with E-state index in [-0.39, 0.29) is 17.4 Å². The number of hydrogen-bond acceptors (Lipinski definition) is 5. The van der Waals surface area contributed by atoms with Crippen LogP contribution in [0.25, 0.3) is 0 Å². The third kappa shape index (κ3) is 5.90. The van der Waals surface area contributed by atoms with Crippen molar-refractivity contribution in [2.24, 2.45) is 0 Å². The second-order valence-corrected chi connectivity index (χ2v) is 8.36. The summed E-state index contributed by atoms with van der Waals surface area (Å²) in [5.41, 5.74) is 3.09. The predicted octanol–water partition coefficient (Wildman–Crippen LogP) is 5.57. The van der Waals surface area contributed by atoms with Gasteiger partial charge < -0.3 is 14.6 Å². The smallest absolute Gasteiger partial charge is 0.234 e. The molecule has 0 bridgehead atoms. The van der Waals surface area contributed by atoms with Crippen molar-refractivity contribution in [2.75, 3.05) is 11.1 Å². The normalized spacial score (nSPS) is 11.9. The molecule has 9 heteroatoms. The molecule has 0 saturated heterocycles. The van der Waals surface area contributed by atoms with Gasteiger partial charge in [-0.25, -0.2) is 8.78 Å². The molecule has 1 heterocycles. The molecule has 0 aliphatic heterocycles. The Balaban J connectivity index is 1.68. The Morgan fingerprint density at radius 2 is 1.82 bits per heavy atom. The number of anilines is 1. The van der Waals surface area contributed by atoms with Crippen molar-refractivity contribution in [3.05, 3.63) is 65.0 Å². The SMILES string of the molecule is CCc1cccc(CC)c1NC(=O)CSc1nnc(C(C)Oc2ccc(F)cc2F)n1CC. The number of rotatable bonds is 10. The fourth-order valence-electron chi connectivity index (χ4n) is 3.53. The van der Waals surface area contributed by atoms with Gasteiger partial charge in [0.15, 0.2) is 28.7 Å². The van der Waals surface area contributed by atoms with E-state index >= 15 is 0 Å². The van der Waals surface area contributed by atoms with Crippen LogP contribution < -0.4 is 10.1 Å². The lowest BCUT2D eigenvalue weighted by Crippen LogP contribution is -2.17. The zero-order valence-corrected chi connectivity index (χ0v) is 20.0. The molecule has 1 atom stereocenters. The first-order valence-corrected chi connectivity index (χ1v) is 11.9. The molecule has 1 unspecified atom stereocenters.